The third kappa shape index (κ3) is 2.62. The highest BCUT2D eigenvalue weighted by Crippen LogP contribution is 2.34. The van der Waals surface area contributed by atoms with Crippen molar-refractivity contribution in [2.45, 2.75) is 52.3 Å². The van der Waals surface area contributed by atoms with Gasteiger partial charge in [-0.1, -0.05) is 38.1 Å². The van der Waals surface area contributed by atoms with E-state index >= 15 is 0 Å². The maximum absolute atomic E-state index is 6.28. The Kier molecular flexibility index (Phi) is 4.11. The number of fused-ring (bicyclic) bond motifs is 3. The van der Waals surface area contributed by atoms with Crippen molar-refractivity contribution in [3.8, 4) is 0 Å². The van der Waals surface area contributed by atoms with Gasteiger partial charge in [0.1, 0.15) is 0 Å². The summed E-state index contributed by atoms with van der Waals surface area (Å²) in [4.78, 5) is 0. The lowest BCUT2D eigenvalue weighted by molar-refractivity contribution is -0.195. The Morgan fingerprint density at radius 1 is 0.950 bits per heavy atom. The third-order valence-corrected chi connectivity index (χ3v) is 4.84. The fourth-order valence-electron chi connectivity index (χ4n) is 3.29. The van der Waals surface area contributed by atoms with E-state index in [2.05, 4.69) is 45.0 Å². The van der Waals surface area contributed by atoms with Gasteiger partial charge in [0, 0.05) is 11.8 Å². The van der Waals surface area contributed by atoms with Crippen LogP contribution in [0.1, 0.15) is 31.9 Å². The van der Waals surface area contributed by atoms with Crippen molar-refractivity contribution < 1.29 is 14.2 Å². The van der Waals surface area contributed by atoms with Crippen LogP contribution < -0.4 is 0 Å². The molecule has 3 rings (SSSR count). The first kappa shape index (κ1) is 14.1. The Bertz CT molecular complexity index is 459. The molecule has 20 heavy (non-hydrogen) atoms. The Labute approximate surface area is 121 Å². The normalized spacial score (nSPS) is 38.0. The largest absolute Gasteiger partial charge is 0.374 e. The zero-order chi connectivity index (χ0) is 14.1. The minimum Gasteiger partial charge on any atom is -0.374 e. The monoisotopic (exact) mass is 276 g/mol. The lowest BCUT2D eigenvalue weighted by Crippen LogP contribution is -2.50. The summed E-state index contributed by atoms with van der Waals surface area (Å²) in [5.41, 5.74) is 2.46. The van der Waals surface area contributed by atoms with Crippen molar-refractivity contribution in [2.75, 3.05) is 6.61 Å². The van der Waals surface area contributed by atoms with Crippen LogP contribution >= 0.6 is 0 Å². The fraction of sp³-hybridized carbons (Fsp3) is 0.647. The topological polar surface area (TPSA) is 27.7 Å². The lowest BCUT2D eigenvalue weighted by Gasteiger charge is -2.44. The van der Waals surface area contributed by atoms with Gasteiger partial charge in [0.25, 0.3) is 0 Å². The molecule has 0 N–H and O–H groups in total. The van der Waals surface area contributed by atoms with Crippen molar-refractivity contribution >= 4 is 0 Å². The first-order chi connectivity index (χ1) is 9.66. The first-order valence-corrected chi connectivity index (χ1v) is 7.58. The lowest BCUT2D eigenvalue weighted by atomic mass is 9.83. The van der Waals surface area contributed by atoms with Gasteiger partial charge in [-0.25, -0.2) is 0 Å². The average Bonchev–Trinajstić information content (AvgIpc) is 2.45. The molecule has 1 saturated heterocycles. The molecule has 2 aliphatic rings. The summed E-state index contributed by atoms with van der Waals surface area (Å²) in [5, 5.41) is 0. The second-order valence-corrected chi connectivity index (χ2v) is 6.16. The minimum absolute atomic E-state index is 0.136. The maximum Gasteiger partial charge on any atom is 0.0862 e. The van der Waals surface area contributed by atoms with E-state index in [1.807, 2.05) is 0 Å². The second-order valence-electron chi connectivity index (χ2n) is 6.16. The van der Waals surface area contributed by atoms with Crippen LogP contribution in [0.4, 0.5) is 0 Å². The molecule has 0 amide bonds. The van der Waals surface area contributed by atoms with Crippen molar-refractivity contribution in [2.24, 2.45) is 11.8 Å². The van der Waals surface area contributed by atoms with Crippen LogP contribution in [0.3, 0.4) is 0 Å². The predicted molar refractivity (Wildman–Crippen MR) is 77.3 cm³/mol. The molecular formula is C17H24O3. The highest BCUT2D eigenvalue weighted by molar-refractivity contribution is 5.26. The van der Waals surface area contributed by atoms with Gasteiger partial charge < -0.3 is 14.2 Å². The van der Waals surface area contributed by atoms with Crippen molar-refractivity contribution in [3.05, 3.63) is 35.4 Å². The van der Waals surface area contributed by atoms with Gasteiger partial charge in [0.2, 0.25) is 0 Å². The summed E-state index contributed by atoms with van der Waals surface area (Å²) in [5.74, 6) is 0.777. The minimum atomic E-state index is 0.136. The summed E-state index contributed by atoms with van der Waals surface area (Å²) >= 11 is 0. The van der Waals surface area contributed by atoms with Crippen molar-refractivity contribution in [1.29, 1.82) is 0 Å². The molecule has 2 heterocycles. The molecule has 3 heteroatoms. The number of hydrogen-bond acceptors (Lipinski definition) is 3. The number of ether oxygens (including phenoxy) is 3. The zero-order valence-corrected chi connectivity index (χ0v) is 12.5. The Balaban J connectivity index is 1.86. The van der Waals surface area contributed by atoms with Crippen LogP contribution in [-0.2, 0) is 27.4 Å². The van der Waals surface area contributed by atoms with E-state index < -0.39 is 0 Å². The summed E-state index contributed by atoms with van der Waals surface area (Å²) in [6.45, 7) is 8.53. The Hall–Kier alpha value is -0.900. The van der Waals surface area contributed by atoms with E-state index in [0.29, 0.717) is 31.7 Å². The third-order valence-electron chi connectivity index (χ3n) is 4.84. The fourth-order valence-corrected chi connectivity index (χ4v) is 3.29. The Morgan fingerprint density at radius 3 is 2.40 bits per heavy atom. The molecule has 0 saturated carbocycles. The molecule has 1 aromatic rings. The van der Waals surface area contributed by atoms with Gasteiger partial charge in [0.15, 0.2) is 0 Å². The van der Waals surface area contributed by atoms with E-state index in [9.17, 15) is 0 Å². The molecule has 5 atom stereocenters. The Morgan fingerprint density at radius 2 is 1.65 bits per heavy atom. The molecule has 2 aliphatic heterocycles. The average molecular weight is 276 g/mol. The number of hydrogen-bond donors (Lipinski definition) is 0. The van der Waals surface area contributed by atoms with Gasteiger partial charge in [-0.15, -0.1) is 0 Å². The van der Waals surface area contributed by atoms with Crippen LogP contribution in [0.5, 0.6) is 0 Å². The molecule has 2 bridgehead atoms. The molecule has 0 aromatic heterocycles. The molecule has 3 nitrogen and oxygen atoms in total. The standard InChI is InChI=1S/C17H24O3/c1-11-13(3)20-16-10-18-8-14-6-4-5-7-15(14)9-19-17(11)12(16)2/h4-7,11-13,16-17H,8-10H2,1-3H3/t11?,12-,13?,16?,17+/m1/s1. The van der Waals surface area contributed by atoms with Crippen molar-refractivity contribution in [3.63, 3.8) is 0 Å². The highest BCUT2D eigenvalue weighted by atomic mass is 16.5. The first-order valence-electron chi connectivity index (χ1n) is 7.58. The van der Waals surface area contributed by atoms with Crippen LogP contribution in [-0.4, -0.2) is 24.9 Å². The second kappa shape index (κ2) is 5.84. The van der Waals surface area contributed by atoms with Gasteiger partial charge >= 0.3 is 0 Å². The van der Waals surface area contributed by atoms with Gasteiger partial charge in [-0.2, -0.15) is 0 Å². The van der Waals surface area contributed by atoms with E-state index in [4.69, 9.17) is 14.2 Å². The molecule has 1 aromatic carbocycles. The van der Waals surface area contributed by atoms with Gasteiger partial charge in [-0.3, -0.25) is 0 Å². The van der Waals surface area contributed by atoms with Gasteiger partial charge in [-0.05, 0) is 18.1 Å². The van der Waals surface area contributed by atoms with Crippen LogP contribution in [0.2, 0.25) is 0 Å². The zero-order valence-electron chi connectivity index (χ0n) is 12.5. The quantitative estimate of drug-likeness (QED) is 0.728. The SMILES string of the molecule is CC1OC2COCc3ccccc3CO[C@@H](C1C)[C@@H]2C. The van der Waals surface area contributed by atoms with E-state index in [-0.39, 0.29) is 18.3 Å². The smallest absolute Gasteiger partial charge is 0.0862 e. The molecule has 0 radical (unpaired) electrons. The predicted octanol–water partition coefficient (Wildman–Crippen LogP) is 3.16. The van der Waals surface area contributed by atoms with Crippen molar-refractivity contribution in [1.82, 2.24) is 0 Å². The van der Waals surface area contributed by atoms with Crippen LogP contribution in [0, 0.1) is 11.8 Å². The van der Waals surface area contributed by atoms with E-state index in [1.165, 1.54) is 11.1 Å². The van der Waals surface area contributed by atoms with Gasteiger partial charge in [0.05, 0.1) is 38.1 Å². The number of rotatable bonds is 0. The molecular weight excluding hydrogens is 252 g/mol. The summed E-state index contributed by atoms with van der Waals surface area (Å²) in [7, 11) is 0. The molecule has 0 spiro atoms. The maximum atomic E-state index is 6.28. The molecule has 110 valence electrons. The molecule has 0 aliphatic carbocycles. The summed E-state index contributed by atoms with van der Waals surface area (Å²) < 4.78 is 18.3. The highest BCUT2D eigenvalue weighted by Gasteiger charge is 2.40. The summed E-state index contributed by atoms with van der Waals surface area (Å²) in [6.07, 6.45) is 0.592. The summed E-state index contributed by atoms with van der Waals surface area (Å²) in [6, 6.07) is 8.37. The van der Waals surface area contributed by atoms with Crippen LogP contribution in [0.25, 0.3) is 0 Å². The van der Waals surface area contributed by atoms with E-state index in [1.54, 1.807) is 0 Å². The molecule has 3 unspecified atom stereocenters. The number of benzene rings is 1. The molecule has 1 fully saturated rings. The van der Waals surface area contributed by atoms with Crippen LogP contribution in [0.15, 0.2) is 24.3 Å². The van der Waals surface area contributed by atoms with E-state index in [0.717, 1.165) is 0 Å².